The van der Waals surface area contributed by atoms with Crippen LogP contribution in [0, 0.1) is 0 Å². The normalized spacial score (nSPS) is 20.1. The van der Waals surface area contributed by atoms with E-state index < -0.39 is 0 Å². The van der Waals surface area contributed by atoms with Gasteiger partial charge < -0.3 is 15.5 Å². The van der Waals surface area contributed by atoms with Crippen molar-refractivity contribution in [3.63, 3.8) is 0 Å². The number of amides is 1. The van der Waals surface area contributed by atoms with Gasteiger partial charge in [-0.1, -0.05) is 0 Å². The summed E-state index contributed by atoms with van der Waals surface area (Å²) in [5, 5.41) is 5.68. The van der Waals surface area contributed by atoms with Gasteiger partial charge in [0.05, 0.1) is 0 Å². The molecule has 1 amide bonds. The third-order valence-corrected chi connectivity index (χ3v) is 2.74. The highest BCUT2D eigenvalue weighted by Gasteiger charge is 2.27. The molecule has 1 aliphatic rings. The number of nitrogens with zero attached hydrogens (tertiary/aromatic N) is 4. The average molecular weight is 257 g/mol. The summed E-state index contributed by atoms with van der Waals surface area (Å²) in [6.07, 6.45) is 0. The Bertz CT molecular complexity index is 439. The molecule has 8 heteroatoms. The van der Waals surface area contributed by atoms with E-state index in [1.807, 2.05) is 0 Å². The van der Waals surface area contributed by atoms with E-state index in [2.05, 4.69) is 25.6 Å². The number of carbonyl (C=O) groups is 1. The number of aromatic nitrogens is 3. The second-order valence-electron chi connectivity index (χ2n) is 3.64. The van der Waals surface area contributed by atoms with Crippen molar-refractivity contribution < 1.29 is 4.79 Å². The monoisotopic (exact) mass is 256 g/mol. The van der Waals surface area contributed by atoms with Crippen LogP contribution in [0.5, 0.6) is 0 Å². The zero-order chi connectivity index (χ0) is 12.4. The topological polar surface area (TPSA) is 83.0 Å². The molecule has 0 radical (unpaired) electrons. The fourth-order valence-corrected chi connectivity index (χ4v) is 1.79. The molecule has 1 fully saturated rings. The van der Waals surface area contributed by atoms with E-state index in [-0.39, 0.29) is 17.2 Å². The van der Waals surface area contributed by atoms with Crippen LogP contribution in [0.4, 0.5) is 11.9 Å². The summed E-state index contributed by atoms with van der Waals surface area (Å²) in [5.41, 5.74) is 0. The number of halogens is 1. The van der Waals surface area contributed by atoms with E-state index in [4.69, 9.17) is 11.6 Å². The van der Waals surface area contributed by atoms with Gasteiger partial charge in [0.2, 0.25) is 23.1 Å². The van der Waals surface area contributed by atoms with Crippen LogP contribution in [0.1, 0.15) is 6.92 Å². The molecule has 0 aromatic carbocycles. The Morgan fingerprint density at radius 3 is 2.94 bits per heavy atom. The summed E-state index contributed by atoms with van der Waals surface area (Å²) >= 11 is 5.80. The summed E-state index contributed by atoms with van der Waals surface area (Å²) in [7, 11) is 1.70. The highest BCUT2D eigenvalue weighted by molar-refractivity contribution is 6.28. The van der Waals surface area contributed by atoms with Crippen molar-refractivity contribution in [2.45, 2.75) is 13.0 Å². The quantitative estimate of drug-likeness (QED) is 0.768. The Kier molecular flexibility index (Phi) is 3.28. The van der Waals surface area contributed by atoms with E-state index in [1.165, 1.54) is 0 Å². The zero-order valence-electron chi connectivity index (χ0n) is 9.57. The standard InChI is InChI=1S/C9H13ClN6O/c1-5-6(17)12-3-4-16(5)9-14-7(10)13-8(11-2)15-9/h5H,3-4H2,1-2H3,(H,12,17)(H,11,13,14,15). The second kappa shape index (κ2) is 4.70. The summed E-state index contributed by atoms with van der Waals surface area (Å²) in [4.78, 5) is 25.5. The molecular weight excluding hydrogens is 244 g/mol. The Hall–Kier alpha value is -1.63. The summed E-state index contributed by atoms with van der Waals surface area (Å²) < 4.78 is 0. The van der Waals surface area contributed by atoms with Gasteiger partial charge in [-0.25, -0.2) is 0 Å². The second-order valence-corrected chi connectivity index (χ2v) is 3.98. The Morgan fingerprint density at radius 1 is 1.47 bits per heavy atom. The van der Waals surface area contributed by atoms with Crippen LogP contribution in [0.15, 0.2) is 0 Å². The van der Waals surface area contributed by atoms with Gasteiger partial charge in [-0.15, -0.1) is 0 Å². The summed E-state index contributed by atoms with van der Waals surface area (Å²) in [5.74, 6) is 0.758. The van der Waals surface area contributed by atoms with Crippen molar-refractivity contribution in [2.24, 2.45) is 0 Å². The molecule has 0 saturated carbocycles. The summed E-state index contributed by atoms with van der Waals surface area (Å²) in [6.45, 7) is 3.02. The van der Waals surface area contributed by atoms with Gasteiger partial charge in [-0.2, -0.15) is 15.0 Å². The Morgan fingerprint density at radius 2 is 2.24 bits per heavy atom. The molecule has 1 saturated heterocycles. The first-order chi connectivity index (χ1) is 8.11. The number of rotatable bonds is 2. The molecule has 17 heavy (non-hydrogen) atoms. The molecule has 0 bridgehead atoms. The number of carbonyl (C=O) groups excluding carboxylic acids is 1. The van der Waals surface area contributed by atoms with E-state index >= 15 is 0 Å². The molecule has 0 spiro atoms. The van der Waals surface area contributed by atoms with Crippen molar-refractivity contribution in [1.82, 2.24) is 20.3 Å². The fraction of sp³-hybridized carbons (Fsp3) is 0.556. The molecule has 1 unspecified atom stereocenters. The summed E-state index contributed by atoms with van der Waals surface area (Å²) in [6, 6.07) is -0.313. The average Bonchev–Trinajstić information content (AvgIpc) is 2.31. The fourth-order valence-electron chi connectivity index (χ4n) is 1.64. The van der Waals surface area contributed by atoms with Crippen molar-refractivity contribution in [3.8, 4) is 0 Å². The number of nitrogens with one attached hydrogen (secondary N) is 2. The Labute approximate surface area is 104 Å². The van der Waals surface area contributed by atoms with Crippen LogP contribution in [0.2, 0.25) is 5.28 Å². The van der Waals surface area contributed by atoms with Crippen molar-refractivity contribution in [3.05, 3.63) is 5.28 Å². The third kappa shape index (κ3) is 2.38. The molecule has 0 aliphatic carbocycles. The van der Waals surface area contributed by atoms with Crippen LogP contribution < -0.4 is 15.5 Å². The first-order valence-electron chi connectivity index (χ1n) is 5.25. The van der Waals surface area contributed by atoms with Crippen molar-refractivity contribution in [2.75, 3.05) is 30.4 Å². The lowest BCUT2D eigenvalue weighted by molar-refractivity contribution is -0.122. The molecule has 7 nitrogen and oxygen atoms in total. The third-order valence-electron chi connectivity index (χ3n) is 2.58. The molecule has 1 atom stereocenters. The van der Waals surface area contributed by atoms with Crippen molar-refractivity contribution >= 4 is 29.4 Å². The SMILES string of the molecule is CNc1nc(Cl)nc(N2CCNC(=O)C2C)n1. The number of hydrogen-bond donors (Lipinski definition) is 2. The lowest BCUT2D eigenvalue weighted by atomic mass is 10.2. The highest BCUT2D eigenvalue weighted by Crippen LogP contribution is 2.17. The van der Waals surface area contributed by atoms with E-state index in [9.17, 15) is 4.79 Å². The molecule has 2 rings (SSSR count). The Balaban J connectivity index is 2.32. The molecule has 92 valence electrons. The van der Waals surface area contributed by atoms with Gasteiger partial charge in [0.1, 0.15) is 6.04 Å². The number of piperazine rings is 1. The largest absolute Gasteiger partial charge is 0.357 e. The van der Waals surface area contributed by atoms with Crippen LogP contribution in [0.25, 0.3) is 0 Å². The molecule has 1 aliphatic heterocycles. The maximum absolute atomic E-state index is 11.5. The van der Waals surface area contributed by atoms with Gasteiger partial charge in [-0.3, -0.25) is 4.79 Å². The first kappa shape index (κ1) is 11.8. The van der Waals surface area contributed by atoms with Crippen LogP contribution in [-0.4, -0.2) is 47.0 Å². The first-order valence-corrected chi connectivity index (χ1v) is 5.63. The van der Waals surface area contributed by atoms with Gasteiger partial charge in [0.25, 0.3) is 0 Å². The lowest BCUT2D eigenvalue weighted by Crippen LogP contribution is -2.54. The molecule has 2 N–H and O–H groups in total. The smallest absolute Gasteiger partial charge is 0.242 e. The van der Waals surface area contributed by atoms with Crippen LogP contribution >= 0.6 is 11.6 Å². The van der Waals surface area contributed by atoms with E-state index in [1.54, 1.807) is 18.9 Å². The lowest BCUT2D eigenvalue weighted by Gasteiger charge is -2.32. The molecular formula is C9H13ClN6O. The number of hydrogen-bond acceptors (Lipinski definition) is 6. The zero-order valence-corrected chi connectivity index (χ0v) is 10.3. The van der Waals surface area contributed by atoms with Crippen molar-refractivity contribution in [1.29, 1.82) is 0 Å². The van der Waals surface area contributed by atoms with Crippen LogP contribution in [-0.2, 0) is 4.79 Å². The predicted octanol–water partition coefficient (Wildman–Crippen LogP) is -0.109. The molecule has 2 heterocycles. The highest BCUT2D eigenvalue weighted by atomic mass is 35.5. The minimum Gasteiger partial charge on any atom is -0.357 e. The van der Waals surface area contributed by atoms with E-state index in [0.29, 0.717) is 25.0 Å². The van der Waals surface area contributed by atoms with E-state index in [0.717, 1.165) is 0 Å². The van der Waals surface area contributed by atoms with Gasteiger partial charge in [0.15, 0.2) is 0 Å². The predicted molar refractivity (Wildman–Crippen MR) is 64.2 cm³/mol. The van der Waals surface area contributed by atoms with Gasteiger partial charge >= 0.3 is 0 Å². The minimum atomic E-state index is -0.313. The molecule has 1 aromatic heterocycles. The minimum absolute atomic E-state index is 0.0428. The van der Waals surface area contributed by atoms with Gasteiger partial charge in [-0.05, 0) is 18.5 Å². The van der Waals surface area contributed by atoms with Crippen LogP contribution in [0.3, 0.4) is 0 Å². The number of anilines is 2. The molecule has 1 aromatic rings. The maximum Gasteiger partial charge on any atom is 0.242 e. The maximum atomic E-state index is 11.5. The van der Waals surface area contributed by atoms with Gasteiger partial charge in [0, 0.05) is 20.1 Å².